The zero-order valence-corrected chi connectivity index (χ0v) is 14.9. The van der Waals surface area contributed by atoms with E-state index in [9.17, 15) is 4.79 Å². The Morgan fingerprint density at radius 1 is 1.31 bits per heavy atom. The van der Waals surface area contributed by atoms with Crippen LogP contribution in [0.5, 0.6) is 0 Å². The van der Waals surface area contributed by atoms with Gasteiger partial charge in [-0.05, 0) is 25.0 Å². The van der Waals surface area contributed by atoms with Gasteiger partial charge in [0, 0.05) is 13.2 Å². The van der Waals surface area contributed by atoms with Crippen molar-refractivity contribution in [3.63, 3.8) is 0 Å². The van der Waals surface area contributed by atoms with Crippen molar-refractivity contribution in [2.45, 2.75) is 24.0 Å². The second kappa shape index (κ2) is 7.79. The summed E-state index contributed by atoms with van der Waals surface area (Å²) in [5.74, 6) is 0.213. The number of benzene rings is 1. The number of nitrogens with one attached hydrogen (secondary N) is 1. The van der Waals surface area contributed by atoms with Gasteiger partial charge in [-0.1, -0.05) is 35.2 Å². The van der Waals surface area contributed by atoms with Crippen molar-refractivity contribution in [2.24, 2.45) is 0 Å². The summed E-state index contributed by atoms with van der Waals surface area (Å²) in [5.41, 5.74) is 2.08. The molecule has 4 rings (SSSR count). The third kappa shape index (κ3) is 3.68. The number of aromatic nitrogens is 5. The lowest BCUT2D eigenvalue weighted by Crippen LogP contribution is -2.32. The van der Waals surface area contributed by atoms with Gasteiger partial charge in [-0.3, -0.25) is 4.79 Å². The Kier molecular flexibility index (Phi) is 5.07. The Balaban J connectivity index is 1.44. The lowest BCUT2D eigenvalue weighted by atomic mass is 10.2. The molecule has 0 bridgehead atoms. The van der Waals surface area contributed by atoms with E-state index in [1.807, 2.05) is 30.3 Å². The summed E-state index contributed by atoms with van der Waals surface area (Å²) in [6.07, 6.45) is 3.67. The topological polar surface area (TPSA) is 94.8 Å². The maximum atomic E-state index is 12.1. The maximum Gasteiger partial charge on any atom is 0.230 e. The highest BCUT2D eigenvalue weighted by molar-refractivity contribution is 8.00. The third-order valence-corrected chi connectivity index (χ3v) is 5.07. The Bertz CT molecular complexity index is 895. The Morgan fingerprint density at radius 3 is 3.00 bits per heavy atom. The summed E-state index contributed by atoms with van der Waals surface area (Å²) in [6.45, 7) is 1.34. The van der Waals surface area contributed by atoms with Crippen LogP contribution in [0.3, 0.4) is 0 Å². The Morgan fingerprint density at radius 2 is 2.19 bits per heavy atom. The molecule has 1 aromatic carbocycles. The van der Waals surface area contributed by atoms with Crippen molar-refractivity contribution in [1.29, 1.82) is 0 Å². The molecule has 1 saturated heterocycles. The van der Waals surface area contributed by atoms with E-state index in [0.29, 0.717) is 22.7 Å². The van der Waals surface area contributed by atoms with Crippen LogP contribution in [0, 0.1) is 0 Å². The van der Waals surface area contributed by atoms with Gasteiger partial charge in [-0.25, -0.2) is 9.97 Å². The zero-order chi connectivity index (χ0) is 17.8. The van der Waals surface area contributed by atoms with Crippen LogP contribution in [0.25, 0.3) is 16.9 Å². The van der Waals surface area contributed by atoms with E-state index >= 15 is 0 Å². The van der Waals surface area contributed by atoms with Crippen LogP contribution in [-0.2, 0) is 9.53 Å². The van der Waals surface area contributed by atoms with Crippen LogP contribution >= 0.6 is 11.8 Å². The van der Waals surface area contributed by atoms with Crippen LogP contribution in [0.2, 0.25) is 0 Å². The van der Waals surface area contributed by atoms with Crippen molar-refractivity contribution in [3.05, 3.63) is 36.7 Å². The number of para-hydroxylation sites is 1. The first-order valence-corrected chi connectivity index (χ1v) is 9.43. The number of hydrogen-bond donors (Lipinski definition) is 1. The highest BCUT2D eigenvalue weighted by Crippen LogP contribution is 2.23. The number of nitrogens with zero attached hydrogens (tertiary/aromatic N) is 5. The van der Waals surface area contributed by atoms with E-state index in [1.165, 1.54) is 18.1 Å². The summed E-state index contributed by atoms with van der Waals surface area (Å²) in [4.78, 5) is 20.6. The molecule has 0 saturated carbocycles. The molecule has 9 heteroatoms. The highest BCUT2D eigenvalue weighted by Gasteiger charge is 2.17. The number of ether oxygens (including phenoxy) is 1. The smallest absolute Gasteiger partial charge is 0.230 e. The number of hydrogen-bond acceptors (Lipinski definition) is 7. The summed E-state index contributed by atoms with van der Waals surface area (Å²) >= 11 is 1.33. The first-order chi connectivity index (χ1) is 12.8. The van der Waals surface area contributed by atoms with Crippen molar-refractivity contribution in [2.75, 3.05) is 18.9 Å². The van der Waals surface area contributed by atoms with Crippen LogP contribution in [0.15, 0.2) is 41.7 Å². The van der Waals surface area contributed by atoms with E-state index in [2.05, 4.69) is 25.6 Å². The molecule has 1 aliphatic heterocycles. The van der Waals surface area contributed by atoms with E-state index in [-0.39, 0.29) is 17.8 Å². The summed E-state index contributed by atoms with van der Waals surface area (Å²) in [7, 11) is 0. The Hall–Kier alpha value is -2.52. The quantitative estimate of drug-likeness (QED) is 0.520. The SMILES string of the molecule is O=C(CSc1ncnc2c1nnn2-c1ccccc1)NC[C@@H]1CCCO1. The van der Waals surface area contributed by atoms with Gasteiger partial charge in [-0.15, -0.1) is 5.10 Å². The molecular formula is C17H18N6O2S. The number of rotatable bonds is 6. The number of carbonyl (C=O) groups excluding carboxylic acids is 1. The largest absolute Gasteiger partial charge is 0.376 e. The molecule has 0 spiro atoms. The fourth-order valence-corrected chi connectivity index (χ4v) is 3.56. The number of amides is 1. The molecule has 8 nitrogen and oxygen atoms in total. The van der Waals surface area contributed by atoms with Crippen molar-refractivity contribution in [3.8, 4) is 5.69 Å². The molecule has 3 heterocycles. The van der Waals surface area contributed by atoms with Crippen LogP contribution in [0.1, 0.15) is 12.8 Å². The van der Waals surface area contributed by atoms with E-state index in [0.717, 1.165) is 25.1 Å². The molecular weight excluding hydrogens is 352 g/mol. The number of carbonyl (C=O) groups is 1. The van der Waals surface area contributed by atoms with Gasteiger partial charge >= 0.3 is 0 Å². The van der Waals surface area contributed by atoms with Crippen molar-refractivity contribution in [1.82, 2.24) is 30.3 Å². The fourth-order valence-electron chi connectivity index (χ4n) is 2.79. The molecule has 0 aliphatic carbocycles. The molecule has 1 N–H and O–H groups in total. The van der Waals surface area contributed by atoms with E-state index in [4.69, 9.17) is 4.74 Å². The van der Waals surface area contributed by atoms with Gasteiger partial charge in [0.25, 0.3) is 0 Å². The average molecular weight is 370 g/mol. The molecule has 1 atom stereocenters. The molecule has 0 radical (unpaired) electrons. The summed E-state index contributed by atoms with van der Waals surface area (Å²) in [6, 6.07) is 9.66. The zero-order valence-electron chi connectivity index (χ0n) is 14.0. The lowest BCUT2D eigenvalue weighted by Gasteiger charge is -2.10. The van der Waals surface area contributed by atoms with Gasteiger partial charge in [0.05, 0.1) is 17.5 Å². The molecule has 1 amide bonds. The molecule has 3 aromatic rings. The van der Waals surface area contributed by atoms with Crippen LogP contribution in [0.4, 0.5) is 0 Å². The number of thioether (sulfide) groups is 1. The second-order valence-electron chi connectivity index (χ2n) is 5.92. The van der Waals surface area contributed by atoms with Crippen LogP contribution in [-0.4, -0.2) is 55.9 Å². The number of fused-ring (bicyclic) bond motifs is 1. The van der Waals surface area contributed by atoms with E-state index in [1.54, 1.807) is 4.68 Å². The summed E-state index contributed by atoms with van der Waals surface area (Å²) < 4.78 is 7.17. The van der Waals surface area contributed by atoms with Gasteiger partial charge in [0.1, 0.15) is 11.4 Å². The minimum absolute atomic E-state index is 0.0484. The Labute approximate surface area is 154 Å². The molecule has 0 unspecified atom stereocenters. The molecule has 26 heavy (non-hydrogen) atoms. The maximum absolute atomic E-state index is 12.1. The van der Waals surface area contributed by atoms with Gasteiger partial charge < -0.3 is 10.1 Å². The first kappa shape index (κ1) is 16.9. The molecule has 134 valence electrons. The van der Waals surface area contributed by atoms with Crippen LogP contribution < -0.4 is 5.32 Å². The molecule has 1 fully saturated rings. The van der Waals surface area contributed by atoms with Crippen molar-refractivity contribution >= 4 is 28.8 Å². The molecule has 2 aromatic heterocycles. The highest BCUT2D eigenvalue weighted by atomic mass is 32.2. The lowest BCUT2D eigenvalue weighted by molar-refractivity contribution is -0.119. The standard InChI is InChI=1S/C17H18N6O2S/c24-14(18-9-13-7-4-8-25-13)10-26-17-15-16(19-11-20-17)23(22-21-15)12-5-2-1-3-6-12/h1-3,5-6,11,13H,4,7-10H2,(H,18,24)/t13-/m0/s1. The third-order valence-electron chi connectivity index (χ3n) is 4.10. The fraction of sp³-hybridized carbons (Fsp3) is 0.353. The van der Waals surface area contributed by atoms with E-state index < -0.39 is 0 Å². The first-order valence-electron chi connectivity index (χ1n) is 8.44. The molecule has 1 aliphatic rings. The predicted molar refractivity (Wildman–Crippen MR) is 97.2 cm³/mol. The summed E-state index contributed by atoms with van der Waals surface area (Å²) in [5, 5.41) is 11.9. The minimum atomic E-state index is -0.0484. The van der Waals surface area contributed by atoms with Gasteiger partial charge in [-0.2, -0.15) is 4.68 Å². The predicted octanol–water partition coefficient (Wildman–Crippen LogP) is 1.60. The normalized spacial score (nSPS) is 16.8. The van der Waals surface area contributed by atoms with Gasteiger partial charge in [0.15, 0.2) is 11.2 Å². The monoisotopic (exact) mass is 370 g/mol. The van der Waals surface area contributed by atoms with Gasteiger partial charge in [0.2, 0.25) is 5.91 Å². The minimum Gasteiger partial charge on any atom is -0.376 e. The average Bonchev–Trinajstić information content (AvgIpc) is 3.35. The van der Waals surface area contributed by atoms with Crippen molar-refractivity contribution < 1.29 is 9.53 Å². The second-order valence-corrected chi connectivity index (χ2v) is 6.88.